The van der Waals surface area contributed by atoms with Crippen LogP contribution in [0.1, 0.15) is 77.1 Å². The van der Waals surface area contributed by atoms with E-state index in [2.05, 4.69) is 4.98 Å². The average molecular weight is 698 g/mol. The molecule has 0 saturated heterocycles. The van der Waals surface area contributed by atoms with E-state index < -0.39 is 138 Å². The van der Waals surface area contributed by atoms with Gasteiger partial charge in [-0.05, 0) is 85.2 Å². The number of fused-ring (bicyclic) bond motifs is 1. The molecule has 1 aliphatic carbocycles. The lowest BCUT2D eigenvalue weighted by Gasteiger charge is -2.28. The zero-order valence-corrected chi connectivity index (χ0v) is 26.7. The van der Waals surface area contributed by atoms with Crippen molar-refractivity contribution in [2.45, 2.75) is 70.2 Å². The van der Waals surface area contributed by atoms with Gasteiger partial charge in [0.1, 0.15) is 12.4 Å². The van der Waals surface area contributed by atoms with Crippen LogP contribution in [0.2, 0.25) is 0 Å². The Hall–Kier alpha value is -3.96. The van der Waals surface area contributed by atoms with Gasteiger partial charge in [-0.3, -0.25) is 9.59 Å². The standard InChI is InChI=1S/C37H40F4N4O2S/c1-4-43(5-2)19-20-44(22-26-9-13-28(14-10-26)29-15-18-32(25(3)21-29)37(39,40)41)34(46)23-45-33-8-6-7-31(33)35(47)42-36(45)48-24-27-11-16-30(38)17-12-27/h9-18,21H,4-8,19-20,22-24H2,1-3H3/i4D2,5D2,9D,10D,13D,14D,15D,18D,19D2,20D2,21D,22D2. The van der Waals surface area contributed by atoms with Gasteiger partial charge in [-0.25, -0.2) is 4.39 Å². The van der Waals surface area contributed by atoms with Crippen LogP contribution in [0.4, 0.5) is 17.6 Å². The molecule has 1 amide bonds. The highest BCUT2D eigenvalue weighted by molar-refractivity contribution is 7.98. The predicted molar refractivity (Wildman–Crippen MR) is 181 cm³/mol. The summed E-state index contributed by atoms with van der Waals surface area (Å²) in [6, 6.07) is -4.39. The van der Waals surface area contributed by atoms with Crippen LogP contribution in [0.5, 0.6) is 0 Å². The van der Waals surface area contributed by atoms with Gasteiger partial charge in [0.05, 0.1) is 20.6 Å². The molecule has 1 aromatic heterocycles. The summed E-state index contributed by atoms with van der Waals surface area (Å²) in [6.45, 7) is -17.8. The Morgan fingerprint density at radius 3 is 2.35 bits per heavy atom. The van der Waals surface area contributed by atoms with Crippen molar-refractivity contribution in [2.75, 3.05) is 26.0 Å². The molecule has 48 heavy (non-hydrogen) atoms. The molecule has 3 aromatic carbocycles. The second kappa shape index (κ2) is 15.5. The van der Waals surface area contributed by atoms with Crippen molar-refractivity contribution in [3.63, 3.8) is 0 Å². The van der Waals surface area contributed by atoms with Crippen LogP contribution >= 0.6 is 11.8 Å². The number of nitrogens with zero attached hydrogens (tertiary/aromatic N) is 4. The minimum atomic E-state index is -5.24. The third-order valence-corrected chi connectivity index (χ3v) is 8.18. The number of amides is 1. The highest BCUT2D eigenvalue weighted by atomic mass is 32.2. The predicted octanol–water partition coefficient (Wildman–Crippen LogP) is 7.53. The maximum absolute atomic E-state index is 15.0. The summed E-state index contributed by atoms with van der Waals surface area (Å²) >= 11 is 0.857. The summed E-state index contributed by atoms with van der Waals surface area (Å²) in [5.74, 6) is -2.29. The molecule has 254 valence electrons. The Morgan fingerprint density at radius 1 is 1.00 bits per heavy atom. The second-order valence-corrected chi connectivity index (χ2v) is 11.3. The maximum Gasteiger partial charge on any atom is 0.416 e. The van der Waals surface area contributed by atoms with Crippen LogP contribution in [0.15, 0.2) is 76.5 Å². The van der Waals surface area contributed by atoms with Crippen molar-refractivity contribution in [2.24, 2.45) is 0 Å². The molecule has 5 rings (SSSR count). The average Bonchev–Trinajstić information content (AvgIpc) is 3.64. The Bertz CT molecular complexity index is 2550. The number of carbonyl (C=O) groups excluding carboxylic acids is 1. The zero-order valence-electron chi connectivity index (χ0n) is 42.9. The Balaban J connectivity index is 1.80. The highest BCUT2D eigenvalue weighted by Crippen LogP contribution is 2.34. The number of alkyl halides is 3. The molecule has 0 N–H and O–H groups in total. The first-order valence-electron chi connectivity index (χ1n) is 22.9. The molecule has 0 spiro atoms. The lowest BCUT2D eigenvalue weighted by Crippen LogP contribution is -2.40. The summed E-state index contributed by atoms with van der Waals surface area (Å²) in [7, 11) is 0. The van der Waals surface area contributed by atoms with Crippen molar-refractivity contribution in [1.29, 1.82) is 0 Å². The molecule has 1 aliphatic rings. The second-order valence-electron chi connectivity index (χ2n) is 10.3. The number of carbonyl (C=O) groups is 1. The van der Waals surface area contributed by atoms with Crippen LogP contribution in [0, 0.1) is 12.7 Å². The number of halogens is 4. The van der Waals surface area contributed by atoms with E-state index in [1.54, 1.807) is 0 Å². The van der Waals surface area contributed by atoms with Crippen LogP contribution in [-0.2, 0) is 42.6 Å². The molecule has 0 atom stereocenters. The first-order chi connectivity index (χ1) is 29.5. The molecule has 6 nitrogen and oxygen atoms in total. The molecule has 0 bridgehead atoms. The van der Waals surface area contributed by atoms with Crippen molar-refractivity contribution in [3.05, 3.63) is 116 Å². The molecule has 4 aromatic rings. The molecule has 11 heteroatoms. The van der Waals surface area contributed by atoms with Crippen molar-refractivity contribution in [3.8, 4) is 11.1 Å². The van der Waals surface area contributed by atoms with Gasteiger partial charge < -0.3 is 14.4 Å². The van der Waals surface area contributed by atoms with Gasteiger partial charge in [0, 0.05) is 44.7 Å². The van der Waals surface area contributed by atoms with Gasteiger partial charge >= 0.3 is 6.18 Å². The Morgan fingerprint density at radius 2 is 1.69 bits per heavy atom. The Kier molecular flexibility index (Phi) is 6.23. The van der Waals surface area contributed by atoms with Gasteiger partial charge in [0.15, 0.2) is 5.16 Å². The number of rotatable bonds is 13. The van der Waals surface area contributed by atoms with Crippen molar-refractivity contribution >= 4 is 17.7 Å². The van der Waals surface area contributed by atoms with Gasteiger partial charge in [-0.2, -0.15) is 18.2 Å². The minimum Gasteiger partial charge on any atom is -0.336 e. The lowest BCUT2D eigenvalue weighted by atomic mass is 9.98. The van der Waals surface area contributed by atoms with E-state index in [0.29, 0.717) is 25.8 Å². The van der Waals surface area contributed by atoms with Gasteiger partial charge in [-0.15, -0.1) is 0 Å². The first kappa shape index (κ1) is 19.3. The van der Waals surface area contributed by atoms with Crippen LogP contribution in [0.3, 0.4) is 0 Å². The van der Waals surface area contributed by atoms with E-state index in [9.17, 15) is 32.6 Å². The van der Waals surface area contributed by atoms with E-state index in [4.69, 9.17) is 17.8 Å². The van der Waals surface area contributed by atoms with E-state index >= 15 is 0 Å². The minimum absolute atomic E-state index is 0.00921. The van der Waals surface area contributed by atoms with Crippen LogP contribution in [-0.4, -0.2) is 51.2 Å². The summed E-state index contributed by atoms with van der Waals surface area (Å²) in [4.78, 5) is 31.5. The monoisotopic (exact) mass is 697 g/mol. The first-order valence-corrected chi connectivity index (χ1v) is 15.4. The third-order valence-electron chi connectivity index (χ3n) is 7.13. The fourth-order valence-corrected chi connectivity index (χ4v) is 5.75. The summed E-state index contributed by atoms with van der Waals surface area (Å²) in [5, 5.41) is -0.194. The summed E-state index contributed by atoms with van der Waals surface area (Å²) in [5.41, 5.74) is -5.99. The largest absolute Gasteiger partial charge is 0.416 e. The van der Waals surface area contributed by atoms with Crippen LogP contribution in [0.25, 0.3) is 11.1 Å². The lowest BCUT2D eigenvalue weighted by molar-refractivity contribution is -0.138. The highest BCUT2D eigenvalue weighted by Gasteiger charge is 2.32. The van der Waals surface area contributed by atoms with E-state index in [0.717, 1.165) is 35.4 Å². The van der Waals surface area contributed by atoms with Crippen molar-refractivity contribution < 1.29 is 45.7 Å². The molecular weight excluding hydrogens is 640 g/mol. The fourth-order valence-electron chi connectivity index (χ4n) is 4.78. The zero-order chi connectivity index (χ0) is 49.5. The number of thioether (sulfide) groups is 1. The normalized spacial score (nSPS) is 19.5. The van der Waals surface area contributed by atoms with E-state index in [-0.39, 0.29) is 39.9 Å². The molecule has 0 fully saturated rings. The van der Waals surface area contributed by atoms with Gasteiger partial charge in [0.2, 0.25) is 5.91 Å². The summed E-state index contributed by atoms with van der Waals surface area (Å²) in [6.07, 6.45) is -4.57. The van der Waals surface area contributed by atoms with E-state index in [1.807, 2.05) is 0 Å². The molecule has 0 saturated carbocycles. The topological polar surface area (TPSA) is 58.4 Å². The number of hydrogen-bond acceptors (Lipinski definition) is 5. The molecule has 1 heterocycles. The Labute approximate surface area is 306 Å². The SMILES string of the molecule is [2H]c1c([2H])c(C([2H])([2H])N(C(=O)Cn2c(SCc3ccc(F)cc3)nc(=O)c3c2CCC3)C([2H])([2H])C([2H])([2H])N(C([2H])([2H])C)C([2H])([2H])C)c([2H])c([2H])c1-c1c([2H])c([2H])c(C(F)(F)F)c(C)c1[2H]. The third kappa shape index (κ3) is 8.54. The van der Waals surface area contributed by atoms with Crippen LogP contribution < -0.4 is 5.56 Å². The quantitative estimate of drug-likeness (QED) is 0.0822. The fraction of sp³-hybridized carbons (Fsp3) is 0.378. The number of benzene rings is 3. The molecule has 0 unspecified atom stereocenters. The molecule has 0 aliphatic heterocycles. The molecular formula is C37H40F4N4O2S. The molecule has 0 radical (unpaired) electrons. The number of hydrogen-bond donors (Lipinski definition) is 0. The smallest absolute Gasteiger partial charge is 0.336 e. The maximum atomic E-state index is 15.0. The van der Waals surface area contributed by atoms with Crippen molar-refractivity contribution in [1.82, 2.24) is 19.4 Å². The summed E-state index contributed by atoms with van der Waals surface area (Å²) < 4.78 is 205. The van der Waals surface area contributed by atoms with E-state index in [1.165, 1.54) is 12.1 Å². The number of likely N-dealkylation sites (N-methyl/N-ethyl adjacent to an activating group) is 1. The van der Waals surface area contributed by atoms with Gasteiger partial charge in [0.25, 0.3) is 5.56 Å². The number of aromatic nitrogens is 2. The van der Waals surface area contributed by atoms with Gasteiger partial charge in [-0.1, -0.05) is 74.0 Å².